The molecule has 4 atom stereocenters. The molecule has 0 heterocycles. The minimum atomic E-state index is 0.0273. The van der Waals surface area contributed by atoms with Gasteiger partial charge in [0.25, 0.3) is 0 Å². The molecular formula is C15H26BN. The van der Waals surface area contributed by atoms with Gasteiger partial charge in [-0.3, -0.25) is 0 Å². The summed E-state index contributed by atoms with van der Waals surface area (Å²) in [7, 11) is 2.36. The number of fused-ring (bicyclic) bond motifs is 2. The van der Waals surface area contributed by atoms with Crippen LogP contribution in [0.25, 0.3) is 0 Å². The standard InChI is InChI=1S/C15H26BN/c1-5-13-10(2)6-15(17)8-12(11(13)3)7-14(4,16)9-15/h5,10,12H,3,6-9,16-17H2,1-2,4H3/b13-5-. The molecule has 2 aliphatic carbocycles. The van der Waals surface area contributed by atoms with Crippen LogP contribution in [0.3, 0.4) is 0 Å². The van der Waals surface area contributed by atoms with Gasteiger partial charge in [-0.05, 0) is 55.6 Å². The van der Waals surface area contributed by atoms with E-state index < -0.39 is 0 Å². The Balaban J connectivity index is 2.40. The molecule has 2 bridgehead atoms. The molecule has 0 radical (unpaired) electrons. The first-order valence-corrected chi connectivity index (χ1v) is 6.91. The van der Waals surface area contributed by atoms with E-state index in [4.69, 9.17) is 5.73 Å². The van der Waals surface area contributed by atoms with Crippen LogP contribution in [0.1, 0.15) is 46.5 Å². The van der Waals surface area contributed by atoms with Gasteiger partial charge in [-0.25, -0.2) is 0 Å². The lowest BCUT2D eigenvalue weighted by atomic mass is 9.53. The van der Waals surface area contributed by atoms with Crippen LogP contribution in [0.5, 0.6) is 0 Å². The van der Waals surface area contributed by atoms with Crippen molar-refractivity contribution in [3.8, 4) is 0 Å². The highest BCUT2D eigenvalue weighted by Crippen LogP contribution is 2.54. The van der Waals surface area contributed by atoms with Gasteiger partial charge in [-0.15, -0.1) is 0 Å². The maximum Gasteiger partial charge on any atom is 0.109 e. The lowest BCUT2D eigenvalue weighted by molar-refractivity contribution is 0.194. The van der Waals surface area contributed by atoms with Crippen molar-refractivity contribution in [2.45, 2.75) is 57.3 Å². The van der Waals surface area contributed by atoms with Crippen molar-refractivity contribution >= 4 is 7.85 Å². The van der Waals surface area contributed by atoms with Gasteiger partial charge >= 0.3 is 0 Å². The van der Waals surface area contributed by atoms with E-state index in [2.05, 4.69) is 41.3 Å². The summed E-state index contributed by atoms with van der Waals surface area (Å²) in [6.07, 6.45) is 6.91. The molecule has 2 N–H and O–H groups in total. The minimum Gasteiger partial charge on any atom is -0.325 e. The van der Waals surface area contributed by atoms with Crippen molar-refractivity contribution in [3.05, 3.63) is 23.8 Å². The Hall–Kier alpha value is -0.495. The van der Waals surface area contributed by atoms with Crippen molar-refractivity contribution in [1.29, 1.82) is 0 Å². The van der Waals surface area contributed by atoms with Gasteiger partial charge in [-0.1, -0.05) is 31.8 Å². The highest BCUT2D eigenvalue weighted by Gasteiger charge is 2.45. The number of allylic oxidation sites excluding steroid dienone is 3. The van der Waals surface area contributed by atoms with Crippen LogP contribution < -0.4 is 5.73 Å². The largest absolute Gasteiger partial charge is 0.325 e. The van der Waals surface area contributed by atoms with Gasteiger partial charge in [-0.2, -0.15) is 0 Å². The van der Waals surface area contributed by atoms with Gasteiger partial charge in [0.1, 0.15) is 7.85 Å². The smallest absolute Gasteiger partial charge is 0.109 e. The molecule has 17 heavy (non-hydrogen) atoms. The third kappa shape index (κ3) is 2.38. The molecule has 4 unspecified atom stereocenters. The average molecular weight is 231 g/mol. The Morgan fingerprint density at radius 2 is 2.06 bits per heavy atom. The second kappa shape index (κ2) is 4.01. The zero-order chi connectivity index (χ0) is 12.8. The molecular weight excluding hydrogens is 205 g/mol. The van der Waals surface area contributed by atoms with E-state index in [1.165, 1.54) is 17.6 Å². The molecule has 0 aromatic rings. The van der Waals surface area contributed by atoms with Gasteiger partial charge in [0, 0.05) is 5.54 Å². The number of nitrogens with two attached hydrogens (primary N) is 1. The second-order valence-corrected chi connectivity index (χ2v) is 7.18. The van der Waals surface area contributed by atoms with Gasteiger partial charge in [0.05, 0.1) is 0 Å². The summed E-state index contributed by atoms with van der Waals surface area (Å²) in [6, 6.07) is 0. The lowest BCUT2D eigenvalue weighted by Gasteiger charge is -2.46. The fourth-order valence-electron chi connectivity index (χ4n) is 4.47. The van der Waals surface area contributed by atoms with Gasteiger partial charge < -0.3 is 5.73 Å². The first-order chi connectivity index (χ1) is 7.76. The number of rotatable bonds is 0. The SMILES string of the molecule is BC1(C)CC2CC(N)(CC(C)/C(=C/C)C2=C)C1. The average Bonchev–Trinajstić information content (AvgIpc) is 2.19. The van der Waals surface area contributed by atoms with Crippen LogP contribution in [0, 0.1) is 11.8 Å². The lowest BCUT2D eigenvalue weighted by Crippen LogP contribution is -2.48. The van der Waals surface area contributed by atoms with Crippen molar-refractivity contribution in [1.82, 2.24) is 0 Å². The van der Waals surface area contributed by atoms with Crippen LogP contribution in [0.4, 0.5) is 0 Å². The van der Waals surface area contributed by atoms with Gasteiger partial charge in [0.2, 0.25) is 0 Å². The van der Waals surface area contributed by atoms with Crippen LogP contribution in [0.15, 0.2) is 23.8 Å². The molecule has 1 nitrogen and oxygen atoms in total. The molecule has 2 aliphatic rings. The van der Waals surface area contributed by atoms with Crippen LogP contribution >= 0.6 is 0 Å². The Bertz CT molecular complexity index is 369. The zero-order valence-electron chi connectivity index (χ0n) is 11.8. The summed E-state index contributed by atoms with van der Waals surface area (Å²) in [6.45, 7) is 11.2. The zero-order valence-corrected chi connectivity index (χ0v) is 11.8. The Kier molecular flexibility index (Phi) is 3.06. The van der Waals surface area contributed by atoms with Crippen molar-refractivity contribution < 1.29 is 0 Å². The molecule has 0 saturated heterocycles. The number of hydrogen-bond donors (Lipinski definition) is 1. The highest BCUT2D eigenvalue weighted by molar-refractivity contribution is 6.15. The van der Waals surface area contributed by atoms with E-state index in [0.717, 1.165) is 19.3 Å². The quantitative estimate of drug-likeness (QED) is 0.637. The summed E-state index contributed by atoms with van der Waals surface area (Å²) in [4.78, 5) is 0. The molecule has 2 saturated carbocycles. The van der Waals surface area contributed by atoms with E-state index in [1.807, 2.05) is 0 Å². The van der Waals surface area contributed by atoms with Crippen LogP contribution in [-0.2, 0) is 0 Å². The number of hydrogen-bond acceptors (Lipinski definition) is 1. The molecule has 0 aromatic carbocycles. The molecule has 94 valence electrons. The monoisotopic (exact) mass is 231 g/mol. The van der Waals surface area contributed by atoms with E-state index in [0.29, 0.717) is 17.2 Å². The fraction of sp³-hybridized carbons (Fsp3) is 0.733. The minimum absolute atomic E-state index is 0.0273. The first-order valence-electron chi connectivity index (χ1n) is 6.91. The summed E-state index contributed by atoms with van der Waals surface area (Å²) < 4.78 is 0. The maximum atomic E-state index is 6.68. The van der Waals surface area contributed by atoms with Crippen LogP contribution in [-0.4, -0.2) is 13.4 Å². The predicted molar refractivity (Wildman–Crippen MR) is 77.8 cm³/mol. The predicted octanol–water partition coefficient (Wildman–Crippen LogP) is 2.84. The van der Waals surface area contributed by atoms with E-state index >= 15 is 0 Å². The van der Waals surface area contributed by atoms with E-state index in [1.54, 1.807) is 0 Å². The second-order valence-electron chi connectivity index (χ2n) is 7.18. The fourth-order valence-corrected chi connectivity index (χ4v) is 4.47. The topological polar surface area (TPSA) is 26.0 Å². The van der Waals surface area contributed by atoms with Crippen LogP contribution in [0.2, 0.25) is 5.31 Å². The third-order valence-electron chi connectivity index (χ3n) is 4.70. The molecule has 2 heteroatoms. The molecule has 0 amide bonds. The molecule has 2 fully saturated rings. The highest BCUT2D eigenvalue weighted by atomic mass is 14.8. The van der Waals surface area contributed by atoms with Crippen molar-refractivity contribution in [3.63, 3.8) is 0 Å². The Morgan fingerprint density at radius 1 is 1.41 bits per heavy atom. The normalized spacial score (nSPS) is 49.2. The summed E-state index contributed by atoms with van der Waals surface area (Å²) in [5, 5.41) is 0.365. The van der Waals surface area contributed by atoms with Gasteiger partial charge in [0.15, 0.2) is 0 Å². The summed E-state index contributed by atoms with van der Waals surface area (Å²) in [5.41, 5.74) is 9.52. The van der Waals surface area contributed by atoms with E-state index in [9.17, 15) is 0 Å². The van der Waals surface area contributed by atoms with Crippen molar-refractivity contribution in [2.24, 2.45) is 17.6 Å². The molecule has 2 rings (SSSR count). The summed E-state index contributed by atoms with van der Waals surface area (Å²) >= 11 is 0. The Morgan fingerprint density at radius 3 is 2.65 bits per heavy atom. The van der Waals surface area contributed by atoms with E-state index in [-0.39, 0.29) is 5.54 Å². The molecule has 0 aromatic heterocycles. The maximum absolute atomic E-state index is 6.68. The van der Waals surface area contributed by atoms with Crippen molar-refractivity contribution in [2.75, 3.05) is 0 Å². The summed E-state index contributed by atoms with van der Waals surface area (Å²) in [5.74, 6) is 1.16. The molecule has 0 spiro atoms. The first kappa shape index (κ1) is 12.9. The third-order valence-corrected chi connectivity index (χ3v) is 4.70. The molecule has 0 aliphatic heterocycles. The Labute approximate surface area is 107 Å².